The van der Waals surface area contributed by atoms with Crippen LogP contribution >= 0.6 is 0 Å². The van der Waals surface area contributed by atoms with Gasteiger partial charge in [-0.1, -0.05) is 12.8 Å². The summed E-state index contributed by atoms with van der Waals surface area (Å²) < 4.78 is 6.01. The monoisotopic (exact) mass is 198 g/mol. The standard InChI is InChI=1S/C11H22OSi/c1-13(2,3)12-11-9-7-5-4-6-8-10-11/h9H,4-8,10H2,1-3H3. The first-order valence-electron chi connectivity index (χ1n) is 5.46. The smallest absolute Gasteiger partial charge is 0.241 e. The van der Waals surface area contributed by atoms with Gasteiger partial charge in [0, 0.05) is 6.42 Å². The summed E-state index contributed by atoms with van der Waals surface area (Å²) in [6.45, 7) is 6.77. The lowest BCUT2D eigenvalue weighted by atomic mass is 10.1. The fourth-order valence-corrected chi connectivity index (χ4v) is 2.62. The molecule has 13 heavy (non-hydrogen) atoms. The molecular weight excluding hydrogens is 176 g/mol. The van der Waals surface area contributed by atoms with Gasteiger partial charge >= 0.3 is 0 Å². The van der Waals surface area contributed by atoms with Crippen LogP contribution in [0.3, 0.4) is 0 Å². The normalized spacial score (nSPS) is 20.1. The highest BCUT2D eigenvalue weighted by Gasteiger charge is 2.17. The lowest BCUT2D eigenvalue weighted by molar-refractivity contribution is 0.383. The van der Waals surface area contributed by atoms with Crippen molar-refractivity contribution in [2.75, 3.05) is 0 Å². The molecule has 0 aliphatic heterocycles. The molecule has 0 heterocycles. The zero-order valence-electron chi connectivity index (χ0n) is 9.23. The fraction of sp³-hybridized carbons (Fsp3) is 0.818. The van der Waals surface area contributed by atoms with Gasteiger partial charge < -0.3 is 4.43 Å². The molecule has 2 heteroatoms. The zero-order valence-corrected chi connectivity index (χ0v) is 10.2. The highest BCUT2D eigenvalue weighted by molar-refractivity contribution is 6.70. The molecule has 0 N–H and O–H groups in total. The molecule has 1 nitrogen and oxygen atoms in total. The van der Waals surface area contributed by atoms with Crippen molar-refractivity contribution in [1.29, 1.82) is 0 Å². The third-order valence-electron chi connectivity index (χ3n) is 2.19. The Labute approximate surface area is 83.3 Å². The molecule has 1 aliphatic carbocycles. The average Bonchev–Trinajstić information content (AvgIpc) is 1.92. The number of hydrogen-bond acceptors (Lipinski definition) is 1. The largest absolute Gasteiger partial charge is 0.548 e. The van der Waals surface area contributed by atoms with E-state index in [1.165, 1.54) is 44.3 Å². The van der Waals surface area contributed by atoms with E-state index in [2.05, 4.69) is 25.7 Å². The summed E-state index contributed by atoms with van der Waals surface area (Å²) in [4.78, 5) is 0. The van der Waals surface area contributed by atoms with Gasteiger partial charge in [-0.2, -0.15) is 0 Å². The lowest BCUT2D eigenvalue weighted by Crippen LogP contribution is -2.25. The first-order chi connectivity index (χ1) is 6.08. The minimum atomic E-state index is -1.35. The second-order valence-electron chi connectivity index (χ2n) is 4.84. The summed E-state index contributed by atoms with van der Waals surface area (Å²) in [5, 5.41) is 0. The Morgan fingerprint density at radius 3 is 2.46 bits per heavy atom. The molecule has 0 fully saturated rings. The minimum absolute atomic E-state index is 1.17. The van der Waals surface area contributed by atoms with E-state index >= 15 is 0 Å². The number of rotatable bonds is 2. The topological polar surface area (TPSA) is 9.23 Å². The van der Waals surface area contributed by atoms with Crippen LogP contribution < -0.4 is 0 Å². The average molecular weight is 198 g/mol. The third kappa shape index (κ3) is 5.14. The van der Waals surface area contributed by atoms with E-state index < -0.39 is 8.32 Å². The van der Waals surface area contributed by atoms with E-state index in [4.69, 9.17) is 4.43 Å². The van der Waals surface area contributed by atoms with Crippen molar-refractivity contribution in [3.8, 4) is 0 Å². The van der Waals surface area contributed by atoms with Gasteiger partial charge in [-0.3, -0.25) is 0 Å². The van der Waals surface area contributed by atoms with Crippen molar-refractivity contribution in [2.24, 2.45) is 0 Å². The molecule has 0 aromatic carbocycles. The second kappa shape index (κ2) is 4.84. The highest BCUT2D eigenvalue weighted by atomic mass is 28.4. The Morgan fingerprint density at radius 1 is 1.08 bits per heavy atom. The van der Waals surface area contributed by atoms with Crippen LogP contribution in [-0.4, -0.2) is 8.32 Å². The summed E-state index contributed by atoms with van der Waals surface area (Å²) in [5.74, 6) is 1.28. The van der Waals surface area contributed by atoms with Gasteiger partial charge in [-0.05, 0) is 45.0 Å². The van der Waals surface area contributed by atoms with Crippen molar-refractivity contribution in [3.05, 3.63) is 11.8 Å². The van der Waals surface area contributed by atoms with Gasteiger partial charge in [0.25, 0.3) is 0 Å². The maximum Gasteiger partial charge on any atom is 0.241 e. The molecule has 0 saturated heterocycles. The van der Waals surface area contributed by atoms with Crippen molar-refractivity contribution < 1.29 is 4.43 Å². The molecule has 0 unspecified atom stereocenters. The first kappa shape index (κ1) is 10.8. The maximum atomic E-state index is 6.01. The van der Waals surface area contributed by atoms with Gasteiger partial charge in [-0.25, -0.2) is 0 Å². The molecule has 0 bridgehead atoms. The van der Waals surface area contributed by atoms with Gasteiger partial charge in [0.2, 0.25) is 8.32 Å². The molecule has 0 spiro atoms. The predicted molar refractivity (Wildman–Crippen MR) is 60.2 cm³/mol. The van der Waals surface area contributed by atoms with E-state index in [1.807, 2.05) is 0 Å². The number of allylic oxidation sites excluding steroid dienone is 2. The predicted octanol–water partition coefficient (Wildman–Crippen LogP) is 4.08. The SMILES string of the molecule is C[Si](C)(C)OC1=CCCCCCC1. The van der Waals surface area contributed by atoms with Crippen LogP contribution in [0.15, 0.2) is 11.8 Å². The van der Waals surface area contributed by atoms with Crippen LogP contribution in [0.25, 0.3) is 0 Å². The molecule has 1 rings (SSSR count). The molecule has 0 radical (unpaired) electrons. The van der Waals surface area contributed by atoms with Gasteiger partial charge in [0.15, 0.2) is 0 Å². The molecule has 0 amide bonds. The summed E-state index contributed by atoms with van der Waals surface area (Å²) in [7, 11) is -1.35. The minimum Gasteiger partial charge on any atom is -0.548 e. The summed E-state index contributed by atoms with van der Waals surface area (Å²) in [6.07, 6.45) is 10.2. The third-order valence-corrected chi connectivity index (χ3v) is 3.06. The van der Waals surface area contributed by atoms with E-state index in [9.17, 15) is 0 Å². The van der Waals surface area contributed by atoms with Crippen LogP contribution in [-0.2, 0) is 4.43 Å². The Balaban J connectivity index is 2.45. The number of hydrogen-bond donors (Lipinski definition) is 0. The molecule has 0 saturated carbocycles. The van der Waals surface area contributed by atoms with Crippen molar-refractivity contribution in [3.63, 3.8) is 0 Å². The molecule has 76 valence electrons. The molecule has 1 aliphatic rings. The lowest BCUT2D eigenvalue weighted by Gasteiger charge is -2.23. The van der Waals surface area contributed by atoms with E-state index in [1.54, 1.807) is 0 Å². The van der Waals surface area contributed by atoms with Crippen molar-refractivity contribution in [2.45, 2.75) is 58.2 Å². The summed E-state index contributed by atoms with van der Waals surface area (Å²) in [5.41, 5.74) is 0. The van der Waals surface area contributed by atoms with Gasteiger partial charge in [0.1, 0.15) is 0 Å². The summed E-state index contributed by atoms with van der Waals surface area (Å²) >= 11 is 0. The quantitative estimate of drug-likeness (QED) is 0.608. The fourth-order valence-electron chi connectivity index (χ4n) is 1.65. The van der Waals surface area contributed by atoms with Crippen molar-refractivity contribution in [1.82, 2.24) is 0 Å². The Hall–Kier alpha value is -0.243. The Bertz CT molecular complexity index is 179. The van der Waals surface area contributed by atoms with E-state index in [0.29, 0.717) is 0 Å². The van der Waals surface area contributed by atoms with Crippen LogP contribution in [0.2, 0.25) is 19.6 Å². The highest BCUT2D eigenvalue weighted by Crippen LogP contribution is 2.21. The van der Waals surface area contributed by atoms with Crippen LogP contribution in [0.5, 0.6) is 0 Å². The zero-order chi connectivity index (χ0) is 9.73. The van der Waals surface area contributed by atoms with Crippen LogP contribution in [0.4, 0.5) is 0 Å². The molecule has 0 atom stereocenters. The Kier molecular flexibility index (Phi) is 4.04. The summed E-state index contributed by atoms with van der Waals surface area (Å²) in [6, 6.07) is 0. The van der Waals surface area contributed by atoms with Crippen LogP contribution in [0.1, 0.15) is 38.5 Å². The maximum absolute atomic E-state index is 6.01. The van der Waals surface area contributed by atoms with E-state index in [0.717, 1.165) is 0 Å². The van der Waals surface area contributed by atoms with Crippen molar-refractivity contribution >= 4 is 8.32 Å². The second-order valence-corrected chi connectivity index (χ2v) is 9.27. The van der Waals surface area contributed by atoms with E-state index in [-0.39, 0.29) is 0 Å². The molecule has 0 aromatic rings. The van der Waals surface area contributed by atoms with Gasteiger partial charge in [-0.15, -0.1) is 0 Å². The molecule has 0 aromatic heterocycles. The Morgan fingerprint density at radius 2 is 1.77 bits per heavy atom. The first-order valence-corrected chi connectivity index (χ1v) is 8.87. The van der Waals surface area contributed by atoms with Gasteiger partial charge in [0.05, 0.1) is 5.76 Å². The van der Waals surface area contributed by atoms with Crippen LogP contribution in [0, 0.1) is 0 Å². The molecular formula is C11H22OSi.